The summed E-state index contributed by atoms with van der Waals surface area (Å²) in [5.41, 5.74) is -2.15. The number of carbonyl (C=O) groups excluding carboxylic acids is 2. The van der Waals surface area contributed by atoms with Crippen LogP contribution < -0.4 is 0 Å². The number of carboxylic acids is 1. The van der Waals surface area contributed by atoms with Crippen molar-refractivity contribution >= 4 is 17.8 Å². The highest BCUT2D eigenvalue weighted by molar-refractivity contribution is 5.98. The molecule has 2 N–H and O–H groups in total. The molecular formula is C25H38N2O6. The van der Waals surface area contributed by atoms with Crippen molar-refractivity contribution in [1.82, 2.24) is 9.80 Å². The van der Waals surface area contributed by atoms with Crippen LogP contribution in [0.3, 0.4) is 0 Å². The molecule has 4 fully saturated rings. The molecule has 184 valence electrons. The van der Waals surface area contributed by atoms with E-state index >= 15 is 0 Å². The lowest BCUT2D eigenvalue weighted by atomic mass is 9.66. The third-order valence-electron chi connectivity index (χ3n) is 8.65. The zero-order valence-electron chi connectivity index (χ0n) is 20.0. The second kappa shape index (κ2) is 8.69. The van der Waals surface area contributed by atoms with E-state index in [0.29, 0.717) is 19.4 Å². The zero-order valence-corrected chi connectivity index (χ0v) is 20.0. The third-order valence-corrected chi connectivity index (χ3v) is 8.65. The normalized spacial score (nSPS) is 36.8. The maximum Gasteiger partial charge on any atom is 0.310 e. The van der Waals surface area contributed by atoms with E-state index < -0.39 is 41.1 Å². The van der Waals surface area contributed by atoms with E-state index in [1.165, 1.54) is 4.90 Å². The molecule has 2 amide bonds. The molecule has 2 unspecified atom stereocenters. The Kier molecular flexibility index (Phi) is 6.37. The first kappa shape index (κ1) is 24.2. The summed E-state index contributed by atoms with van der Waals surface area (Å²) < 4.78 is 6.47. The van der Waals surface area contributed by atoms with Crippen LogP contribution in [0, 0.1) is 17.8 Å². The summed E-state index contributed by atoms with van der Waals surface area (Å²) in [5.74, 6) is -3.68. The molecule has 0 aromatic heterocycles. The number of amides is 2. The number of rotatable bonds is 8. The smallest absolute Gasteiger partial charge is 0.310 e. The minimum atomic E-state index is -1.18. The molecule has 0 radical (unpaired) electrons. The van der Waals surface area contributed by atoms with Crippen LogP contribution in [0.25, 0.3) is 0 Å². The molecule has 6 atom stereocenters. The predicted octanol–water partition coefficient (Wildman–Crippen LogP) is 2.20. The summed E-state index contributed by atoms with van der Waals surface area (Å²) in [4.78, 5) is 43.8. The van der Waals surface area contributed by atoms with Crippen molar-refractivity contribution in [2.75, 3.05) is 13.2 Å². The van der Waals surface area contributed by atoms with Crippen LogP contribution in [0.4, 0.5) is 0 Å². The van der Waals surface area contributed by atoms with Gasteiger partial charge in [-0.25, -0.2) is 0 Å². The Bertz CT molecular complexity index is 824. The Hall–Kier alpha value is -1.93. The Labute approximate surface area is 195 Å². The van der Waals surface area contributed by atoms with Crippen LogP contribution in [0.1, 0.15) is 65.7 Å². The first-order valence-corrected chi connectivity index (χ1v) is 12.4. The fourth-order valence-electron chi connectivity index (χ4n) is 7.10. The van der Waals surface area contributed by atoms with Crippen molar-refractivity contribution in [1.29, 1.82) is 0 Å². The molecule has 0 aromatic carbocycles. The quantitative estimate of drug-likeness (QED) is 0.536. The predicted molar refractivity (Wildman–Crippen MR) is 121 cm³/mol. The molecular weight excluding hydrogens is 424 g/mol. The van der Waals surface area contributed by atoms with Crippen LogP contribution >= 0.6 is 0 Å². The molecule has 1 saturated carbocycles. The number of carbonyl (C=O) groups is 3. The highest BCUT2D eigenvalue weighted by Gasteiger charge is 2.79. The Morgan fingerprint density at radius 2 is 1.94 bits per heavy atom. The van der Waals surface area contributed by atoms with Gasteiger partial charge in [0.2, 0.25) is 11.8 Å². The largest absolute Gasteiger partial charge is 0.481 e. The number of aliphatic hydroxyl groups excluding tert-OH is 1. The molecule has 1 aliphatic carbocycles. The molecule has 4 rings (SSSR count). The van der Waals surface area contributed by atoms with E-state index in [1.807, 2.05) is 18.7 Å². The molecule has 2 bridgehead atoms. The topological polar surface area (TPSA) is 107 Å². The van der Waals surface area contributed by atoms with Gasteiger partial charge in [-0.15, -0.1) is 6.58 Å². The molecule has 33 heavy (non-hydrogen) atoms. The number of nitrogens with zero attached hydrogens (tertiary/aromatic N) is 2. The Balaban J connectivity index is 1.81. The number of aliphatic hydroxyl groups is 1. The van der Waals surface area contributed by atoms with Crippen molar-refractivity contribution < 1.29 is 29.3 Å². The number of ether oxygens (including phenoxy) is 1. The fourth-order valence-corrected chi connectivity index (χ4v) is 7.10. The third kappa shape index (κ3) is 3.52. The standard InChI is InChI=1S/C25H38N2O6/c1-5-13-26(16-9-7-6-8-10-16)22(30)20-25-12-11-24(4,33-25)19(23(31)32)18(25)21(29)27(20)17(14-28)15(2)3/h5,15-20,28H,1,6-14H2,2-4H3,(H,31,32)/t17-,18-,19-,20?,24+,25?/m0/s1. The van der Waals surface area contributed by atoms with Crippen LogP contribution in [-0.2, 0) is 19.1 Å². The average Bonchev–Trinajstić information content (AvgIpc) is 3.34. The van der Waals surface area contributed by atoms with Gasteiger partial charge >= 0.3 is 5.97 Å². The van der Waals surface area contributed by atoms with Gasteiger partial charge in [-0.05, 0) is 38.5 Å². The van der Waals surface area contributed by atoms with Gasteiger partial charge in [0.25, 0.3) is 0 Å². The van der Waals surface area contributed by atoms with Crippen molar-refractivity contribution in [2.45, 2.75) is 95.0 Å². The van der Waals surface area contributed by atoms with Crippen LogP contribution in [0.2, 0.25) is 0 Å². The SMILES string of the molecule is C=CCN(C(=O)C1N([C@@H](CO)C(C)C)C(=O)[C@@H]2[C@@H](C(=O)O)[C@@]3(C)CCC12O3)C1CCCCC1. The number of aliphatic carboxylic acids is 1. The number of hydrogen-bond acceptors (Lipinski definition) is 5. The van der Waals surface area contributed by atoms with Gasteiger partial charge in [-0.1, -0.05) is 39.2 Å². The van der Waals surface area contributed by atoms with E-state index in [9.17, 15) is 24.6 Å². The summed E-state index contributed by atoms with van der Waals surface area (Å²) in [6.07, 6.45) is 7.71. The molecule has 8 heteroatoms. The van der Waals surface area contributed by atoms with Crippen LogP contribution in [0.15, 0.2) is 12.7 Å². The van der Waals surface area contributed by atoms with Crippen molar-refractivity contribution in [3.8, 4) is 0 Å². The van der Waals surface area contributed by atoms with Gasteiger partial charge in [-0.2, -0.15) is 0 Å². The van der Waals surface area contributed by atoms with E-state index in [1.54, 1.807) is 13.0 Å². The van der Waals surface area contributed by atoms with E-state index in [2.05, 4.69) is 6.58 Å². The second-order valence-corrected chi connectivity index (χ2v) is 10.9. The lowest BCUT2D eigenvalue weighted by Crippen LogP contribution is -2.61. The number of carboxylic acid groups (broad SMARTS) is 1. The van der Waals surface area contributed by atoms with Crippen LogP contribution in [-0.4, -0.2) is 80.3 Å². The first-order valence-electron chi connectivity index (χ1n) is 12.4. The average molecular weight is 463 g/mol. The highest BCUT2D eigenvalue weighted by atomic mass is 16.5. The van der Waals surface area contributed by atoms with Crippen LogP contribution in [0.5, 0.6) is 0 Å². The monoisotopic (exact) mass is 462 g/mol. The zero-order chi connectivity index (χ0) is 24.1. The lowest BCUT2D eigenvalue weighted by Gasteiger charge is -2.43. The first-order chi connectivity index (χ1) is 15.6. The minimum Gasteiger partial charge on any atom is -0.481 e. The summed E-state index contributed by atoms with van der Waals surface area (Å²) in [6, 6.07) is -1.47. The summed E-state index contributed by atoms with van der Waals surface area (Å²) in [6.45, 7) is 9.49. The minimum absolute atomic E-state index is 0.0627. The molecule has 1 spiro atoms. The Morgan fingerprint density at radius 3 is 2.48 bits per heavy atom. The number of hydrogen-bond donors (Lipinski definition) is 2. The highest BCUT2D eigenvalue weighted by Crippen LogP contribution is 2.63. The van der Waals surface area contributed by atoms with Crippen molar-refractivity contribution in [2.24, 2.45) is 17.8 Å². The maximum atomic E-state index is 14.3. The number of likely N-dealkylation sites (tertiary alicyclic amines) is 1. The van der Waals surface area contributed by atoms with E-state index in [-0.39, 0.29) is 30.4 Å². The molecule has 8 nitrogen and oxygen atoms in total. The van der Waals surface area contributed by atoms with Gasteiger partial charge in [0, 0.05) is 12.6 Å². The van der Waals surface area contributed by atoms with Gasteiger partial charge in [0.1, 0.15) is 11.6 Å². The summed E-state index contributed by atoms with van der Waals surface area (Å²) in [5, 5.41) is 20.3. The lowest BCUT2D eigenvalue weighted by molar-refractivity contribution is -0.160. The van der Waals surface area contributed by atoms with Crippen molar-refractivity contribution in [3.63, 3.8) is 0 Å². The van der Waals surface area contributed by atoms with Crippen molar-refractivity contribution in [3.05, 3.63) is 12.7 Å². The fraction of sp³-hybridized carbons (Fsp3) is 0.800. The Morgan fingerprint density at radius 1 is 1.27 bits per heavy atom. The van der Waals surface area contributed by atoms with E-state index in [0.717, 1.165) is 32.1 Å². The molecule has 0 aromatic rings. The molecule has 3 heterocycles. The summed E-state index contributed by atoms with van der Waals surface area (Å²) in [7, 11) is 0. The van der Waals surface area contributed by atoms with Gasteiger partial charge in [0.15, 0.2) is 0 Å². The summed E-state index contributed by atoms with van der Waals surface area (Å²) >= 11 is 0. The molecule has 4 aliphatic rings. The van der Waals surface area contributed by atoms with E-state index in [4.69, 9.17) is 4.74 Å². The van der Waals surface area contributed by atoms with Gasteiger partial charge < -0.3 is 24.7 Å². The van der Waals surface area contributed by atoms with Gasteiger partial charge in [0.05, 0.1) is 30.1 Å². The maximum absolute atomic E-state index is 14.3. The molecule has 3 saturated heterocycles. The second-order valence-electron chi connectivity index (χ2n) is 10.9. The number of fused-ring (bicyclic) bond motifs is 1. The van der Waals surface area contributed by atoms with Gasteiger partial charge in [-0.3, -0.25) is 14.4 Å². The molecule has 3 aliphatic heterocycles.